The van der Waals surface area contributed by atoms with E-state index < -0.39 is 16.8 Å². The van der Waals surface area contributed by atoms with Gasteiger partial charge in [0.1, 0.15) is 5.52 Å². The number of benzene rings is 2. The largest absolute Gasteiger partial charge is 0.417 e. The molecule has 1 fully saturated rings. The lowest BCUT2D eigenvalue weighted by molar-refractivity contribution is -0.137. The first-order chi connectivity index (χ1) is 18.1. The summed E-state index contributed by atoms with van der Waals surface area (Å²) < 4.78 is 39.6. The van der Waals surface area contributed by atoms with Crippen molar-refractivity contribution >= 4 is 79.1 Å². The Balaban J connectivity index is 1.51. The lowest BCUT2D eigenvalue weighted by atomic mass is 10.0. The zero-order valence-electron chi connectivity index (χ0n) is 20.0. The van der Waals surface area contributed by atoms with Gasteiger partial charge in [0.25, 0.3) is 0 Å². The third-order valence-electron chi connectivity index (χ3n) is 6.32. The quantitative estimate of drug-likeness (QED) is 0.230. The number of alkyl halides is 3. The Labute approximate surface area is 236 Å². The molecule has 1 unspecified atom stereocenters. The van der Waals surface area contributed by atoms with Crippen molar-refractivity contribution in [3.8, 4) is 0 Å². The third-order valence-corrected chi connectivity index (χ3v) is 8.25. The van der Waals surface area contributed by atoms with Crippen LogP contribution in [0.1, 0.15) is 37.3 Å². The van der Waals surface area contributed by atoms with Gasteiger partial charge in [-0.2, -0.15) is 23.1 Å². The molecular formula is C25H22Cl3F3N6S. The Kier molecular flexibility index (Phi) is 7.77. The van der Waals surface area contributed by atoms with Crippen LogP contribution in [0.5, 0.6) is 0 Å². The Morgan fingerprint density at radius 2 is 1.79 bits per heavy atom. The molecule has 13 heteroatoms. The van der Waals surface area contributed by atoms with Gasteiger partial charge in [-0.25, -0.2) is 4.98 Å². The van der Waals surface area contributed by atoms with Crippen molar-refractivity contribution in [2.24, 2.45) is 0 Å². The van der Waals surface area contributed by atoms with Crippen LogP contribution in [0.25, 0.3) is 10.3 Å². The van der Waals surface area contributed by atoms with Crippen molar-refractivity contribution in [2.75, 3.05) is 22.1 Å². The lowest BCUT2D eigenvalue weighted by Crippen LogP contribution is -2.38. The molecule has 2 N–H and O–H groups in total. The molecule has 5 rings (SSSR count). The summed E-state index contributed by atoms with van der Waals surface area (Å²) in [6.45, 7) is 3.29. The van der Waals surface area contributed by atoms with E-state index in [0.717, 1.165) is 37.4 Å². The summed E-state index contributed by atoms with van der Waals surface area (Å²) >= 11 is 19.9. The lowest BCUT2D eigenvalue weighted by Gasteiger charge is -2.33. The van der Waals surface area contributed by atoms with Crippen LogP contribution < -0.4 is 15.5 Å². The van der Waals surface area contributed by atoms with Crippen molar-refractivity contribution in [1.82, 2.24) is 15.0 Å². The predicted octanol–water partition coefficient (Wildman–Crippen LogP) is 8.80. The van der Waals surface area contributed by atoms with E-state index in [9.17, 15) is 13.2 Å². The fourth-order valence-corrected chi connectivity index (χ4v) is 5.97. The number of halogens is 6. The number of piperidine rings is 1. The molecule has 1 aliphatic heterocycles. The highest BCUT2D eigenvalue weighted by Crippen LogP contribution is 2.38. The van der Waals surface area contributed by atoms with E-state index in [1.165, 1.54) is 23.5 Å². The second-order valence-electron chi connectivity index (χ2n) is 8.95. The van der Waals surface area contributed by atoms with E-state index in [1.54, 1.807) is 18.2 Å². The van der Waals surface area contributed by atoms with Crippen LogP contribution in [0.3, 0.4) is 0 Å². The number of nitrogens with zero attached hydrogens (tertiary/aromatic N) is 4. The third kappa shape index (κ3) is 5.73. The van der Waals surface area contributed by atoms with Gasteiger partial charge in [0.05, 0.1) is 10.6 Å². The van der Waals surface area contributed by atoms with Crippen molar-refractivity contribution in [1.29, 1.82) is 0 Å². The molecule has 2 aromatic carbocycles. The molecule has 4 aromatic rings. The zero-order chi connectivity index (χ0) is 27.0. The van der Waals surface area contributed by atoms with Gasteiger partial charge in [-0.15, -0.1) is 0 Å². The Morgan fingerprint density at radius 3 is 2.47 bits per heavy atom. The number of fused-ring (bicyclic) bond motifs is 1. The van der Waals surface area contributed by atoms with Crippen LogP contribution in [-0.2, 0) is 12.7 Å². The van der Waals surface area contributed by atoms with E-state index in [-0.39, 0.29) is 6.04 Å². The highest BCUT2D eigenvalue weighted by Gasteiger charge is 2.33. The fraction of sp³-hybridized carbons (Fsp3) is 0.320. The maximum Gasteiger partial charge on any atom is 0.417 e. The number of anilines is 4. The average Bonchev–Trinajstić information content (AvgIpc) is 3.26. The van der Waals surface area contributed by atoms with E-state index in [2.05, 4.69) is 27.4 Å². The molecule has 0 aliphatic carbocycles. The summed E-state index contributed by atoms with van der Waals surface area (Å²) in [4.78, 5) is 17.0. The Hall–Kier alpha value is -2.53. The maximum atomic E-state index is 13.2. The first kappa shape index (κ1) is 27.1. The molecule has 0 spiro atoms. The average molecular weight is 602 g/mol. The predicted molar refractivity (Wildman–Crippen MR) is 149 cm³/mol. The molecule has 38 heavy (non-hydrogen) atoms. The Morgan fingerprint density at radius 1 is 1.03 bits per heavy atom. The van der Waals surface area contributed by atoms with Crippen LogP contribution in [0, 0.1) is 0 Å². The van der Waals surface area contributed by atoms with Gasteiger partial charge in [0.2, 0.25) is 5.95 Å². The molecule has 1 aliphatic rings. The molecule has 0 bridgehead atoms. The first-order valence-electron chi connectivity index (χ1n) is 11.9. The van der Waals surface area contributed by atoms with Crippen LogP contribution >= 0.6 is 46.1 Å². The van der Waals surface area contributed by atoms with Gasteiger partial charge in [0, 0.05) is 40.4 Å². The van der Waals surface area contributed by atoms with Crippen LogP contribution in [0.4, 0.5) is 35.8 Å². The minimum Gasteiger partial charge on any atom is -0.357 e. The van der Waals surface area contributed by atoms with Gasteiger partial charge < -0.3 is 15.5 Å². The standard InChI is InChI=1S/C25H22Cl3F3N6S/c1-13-5-2-3-10-37(13)23-35-21(33-14-8-9-16(19(28)11-14)25(29,30)31)20-22(36-23)38-24(34-20)32-12-15-17(26)6-4-7-18(15)27/h4,6-9,11,13H,2-3,5,10,12H2,1H3,(H,32,34)(H,33,35,36). The van der Waals surface area contributed by atoms with Gasteiger partial charge in [-0.05, 0) is 56.5 Å². The van der Waals surface area contributed by atoms with E-state index in [1.807, 2.05) is 0 Å². The smallest absolute Gasteiger partial charge is 0.357 e. The maximum absolute atomic E-state index is 13.2. The molecule has 200 valence electrons. The number of thiazole rings is 1. The van der Waals surface area contributed by atoms with Gasteiger partial charge in [0.15, 0.2) is 15.8 Å². The van der Waals surface area contributed by atoms with Crippen LogP contribution in [-0.4, -0.2) is 27.5 Å². The monoisotopic (exact) mass is 600 g/mol. The molecule has 3 heterocycles. The van der Waals surface area contributed by atoms with Gasteiger partial charge in [-0.1, -0.05) is 52.2 Å². The summed E-state index contributed by atoms with van der Waals surface area (Å²) in [5, 5.41) is 7.59. The highest BCUT2D eigenvalue weighted by molar-refractivity contribution is 7.21. The van der Waals surface area contributed by atoms with Gasteiger partial charge >= 0.3 is 6.18 Å². The molecule has 0 radical (unpaired) electrons. The number of rotatable bonds is 6. The van der Waals surface area contributed by atoms with Crippen molar-refractivity contribution < 1.29 is 13.2 Å². The van der Waals surface area contributed by atoms with Crippen molar-refractivity contribution in [2.45, 2.75) is 44.9 Å². The fourth-order valence-electron chi connectivity index (χ4n) is 4.32. The molecule has 0 amide bonds. The van der Waals surface area contributed by atoms with Crippen molar-refractivity contribution in [3.63, 3.8) is 0 Å². The molecule has 0 saturated carbocycles. The van der Waals surface area contributed by atoms with E-state index in [4.69, 9.17) is 44.8 Å². The topological polar surface area (TPSA) is 66.0 Å². The summed E-state index contributed by atoms with van der Waals surface area (Å²) in [5.41, 5.74) is 0.665. The number of hydrogen-bond donors (Lipinski definition) is 2. The van der Waals surface area contributed by atoms with Gasteiger partial charge in [-0.3, -0.25) is 0 Å². The normalized spacial score (nSPS) is 16.2. The van der Waals surface area contributed by atoms with E-state index >= 15 is 0 Å². The molecule has 1 atom stereocenters. The van der Waals surface area contributed by atoms with Crippen LogP contribution in [0.15, 0.2) is 36.4 Å². The minimum atomic E-state index is -4.55. The highest BCUT2D eigenvalue weighted by atomic mass is 35.5. The summed E-state index contributed by atoms with van der Waals surface area (Å²) in [6.07, 6.45) is -1.37. The molecule has 2 aromatic heterocycles. The minimum absolute atomic E-state index is 0.252. The van der Waals surface area contributed by atoms with Crippen LogP contribution in [0.2, 0.25) is 15.1 Å². The SMILES string of the molecule is CC1CCCCN1c1nc(Nc2ccc(C(F)(F)F)c(Cl)c2)c2nc(NCc3c(Cl)cccc3Cl)sc2n1. The zero-order valence-corrected chi connectivity index (χ0v) is 23.1. The second kappa shape index (κ2) is 10.9. The second-order valence-corrected chi connectivity index (χ2v) is 11.2. The number of aromatic nitrogens is 3. The number of nitrogens with one attached hydrogen (secondary N) is 2. The summed E-state index contributed by atoms with van der Waals surface area (Å²) in [6, 6.07) is 9.04. The molecule has 1 saturated heterocycles. The number of hydrogen-bond acceptors (Lipinski definition) is 7. The first-order valence-corrected chi connectivity index (χ1v) is 13.8. The van der Waals surface area contributed by atoms with Crippen molar-refractivity contribution in [3.05, 3.63) is 62.6 Å². The molecule has 6 nitrogen and oxygen atoms in total. The molecular weight excluding hydrogens is 580 g/mol. The summed E-state index contributed by atoms with van der Waals surface area (Å²) in [7, 11) is 0. The van der Waals surface area contributed by atoms with E-state index in [0.29, 0.717) is 49.5 Å². The summed E-state index contributed by atoms with van der Waals surface area (Å²) in [5.74, 6) is 0.910. The Bertz CT molecular complexity index is 1460.